The van der Waals surface area contributed by atoms with Gasteiger partial charge in [0.05, 0.1) is 0 Å². The molecule has 1 unspecified atom stereocenters. The number of halogens is 2. The number of hydrogen-bond donors (Lipinski definition) is 1. The minimum absolute atomic E-state index is 0. The molecule has 0 amide bonds. The Kier molecular flexibility index (Phi) is 5.92. The van der Waals surface area contributed by atoms with Gasteiger partial charge in [-0.25, -0.2) is 0 Å². The van der Waals surface area contributed by atoms with Crippen LogP contribution in [-0.4, -0.2) is 19.2 Å². The summed E-state index contributed by atoms with van der Waals surface area (Å²) in [4.78, 5) is 0. The smallest absolute Gasteiger partial charge is 0.127 e. The summed E-state index contributed by atoms with van der Waals surface area (Å²) in [6.07, 6.45) is 2.51. The predicted molar refractivity (Wildman–Crippen MR) is 90.7 cm³/mol. The second-order valence-corrected chi connectivity index (χ2v) is 5.53. The predicted octanol–water partition coefficient (Wildman–Crippen LogP) is 4.56. The van der Waals surface area contributed by atoms with Gasteiger partial charge in [0, 0.05) is 17.1 Å². The van der Waals surface area contributed by atoms with Gasteiger partial charge in [-0.15, -0.1) is 12.4 Å². The number of rotatable bonds is 3. The molecular formula is C17H19Cl2NO. The third kappa shape index (κ3) is 4.13. The summed E-state index contributed by atoms with van der Waals surface area (Å²) in [6.45, 7) is 2.00. The average molecular weight is 324 g/mol. The van der Waals surface area contributed by atoms with E-state index in [9.17, 15) is 0 Å². The first kappa shape index (κ1) is 16.2. The van der Waals surface area contributed by atoms with E-state index < -0.39 is 0 Å². The van der Waals surface area contributed by atoms with E-state index in [0.29, 0.717) is 0 Å². The maximum Gasteiger partial charge on any atom is 0.127 e. The van der Waals surface area contributed by atoms with Crippen LogP contribution in [0.4, 0.5) is 0 Å². The molecule has 112 valence electrons. The second kappa shape index (κ2) is 7.69. The van der Waals surface area contributed by atoms with E-state index in [1.807, 2.05) is 36.4 Å². The van der Waals surface area contributed by atoms with Crippen LogP contribution in [0.15, 0.2) is 48.5 Å². The fourth-order valence-corrected chi connectivity index (χ4v) is 2.72. The van der Waals surface area contributed by atoms with Crippen molar-refractivity contribution in [2.24, 2.45) is 0 Å². The van der Waals surface area contributed by atoms with Gasteiger partial charge in [-0.3, -0.25) is 0 Å². The maximum atomic E-state index is 6.17. The summed E-state index contributed by atoms with van der Waals surface area (Å²) in [5.41, 5.74) is 2.19. The molecule has 1 heterocycles. The van der Waals surface area contributed by atoms with Crippen molar-refractivity contribution in [2.45, 2.75) is 18.9 Å². The summed E-state index contributed by atoms with van der Waals surface area (Å²) < 4.78 is 6.17. The Morgan fingerprint density at radius 2 is 1.90 bits per heavy atom. The molecule has 2 aromatic carbocycles. The minimum Gasteiger partial charge on any atom is -0.488 e. The van der Waals surface area contributed by atoms with Gasteiger partial charge in [0.15, 0.2) is 0 Å². The molecule has 1 fully saturated rings. The maximum absolute atomic E-state index is 6.17. The highest BCUT2D eigenvalue weighted by atomic mass is 35.5. The van der Waals surface area contributed by atoms with E-state index in [-0.39, 0.29) is 18.5 Å². The number of ether oxygens (including phenoxy) is 1. The van der Waals surface area contributed by atoms with E-state index in [2.05, 4.69) is 17.4 Å². The van der Waals surface area contributed by atoms with E-state index >= 15 is 0 Å². The fourth-order valence-electron chi connectivity index (χ4n) is 2.55. The fraction of sp³-hybridized carbons (Fsp3) is 0.294. The highest BCUT2D eigenvalue weighted by Gasteiger charge is 2.16. The first-order valence-corrected chi connectivity index (χ1v) is 7.43. The molecule has 1 N–H and O–H groups in total. The van der Waals surface area contributed by atoms with Gasteiger partial charge in [-0.1, -0.05) is 41.9 Å². The van der Waals surface area contributed by atoms with Crippen molar-refractivity contribution in [2.75, 3.05) is 13.1 Å². The molecule has 0 spiro atoms. The van der Waals surface area contributed by atoms with Crippen molar-refractivity contribution in [3.63, 3.8) is 0 Å². The highest BCUT2D eigenvalue weighted by molar-refractivity contribution is 6.31. The van der Waals surface area contributed by atoms with Gasteiger partial charge in [-0.05, 0) is 43.1 Å². The van der Waals surface area contributed by atoms with Crippen LogP contribution in [0.25, 0.3) is 11.1 Å². The highest BCUT2D eigenvalue weighted by Crippen LogP contribution is 2.33. The molecule has 1 saturated heterocycles. The zero-order valence-corrected chi connectivity index (χ0v) is 13.3. The SMILES string of the molecule is Cl.Clc1ccc(OC2CCCNC2)c(-c2ccccc2)c1. The van der Waals surface area contributed by atoms with E-state index in [0.717, 1.165) is 41.4 Å². The Labute approximate surface area is 136 Å². The van der Waals surface area contributed by atoms with Crippen molar-refractivity contribution in [1.29, 1.82) is 0 Å². The monoisotopic (exact) mass is 323 g/mol. The lowest BCUT2D eigenvalue weighted by Crippen LogP contribution is -2.37. The van der Waals surface area contributed by atoms with Crippen LogP contribution in [-0.2, 0) is 0 Å². The number of hydrogen-bond acceptors (Lipinski definition) is 2. The summed E-state index contributed by atoms with van der Waals surface area (Å²) in [7, 11) is 0. The lowest BCUT2D eigenvalue weighted by Gasteiger charge is -2.25. The second-order valence-electron chi connectivity index (χ2n) is 5.09. The molecule has 1 aliphatic rings. The van der Waals surface area contributed by atoms with Gasteiger partial charge in [0.2, 0.25) is 0 Å². The lowest BCUT2D eigenvalue weighted by molar-refractivity contribution is 0.168. The molecule has 0 radical (unpaired) electrons. The van der Waals surface area contributed by atoms with Gasteiger partial charge >= 0.3 is 0 Å². The van der Waals surface area contributed by atoms with Crippen molar-refractivity contribution >= 4 is 24.0 Å². The number of piperidine rings is 1. The molecule has 2 nitrogen and oxygen atoms in total. The third-order valence-electron chi connectivity index (χ3n) is 3.57. The van der Waals surface area contributed by atoms with Crippen LogP contribution in [0.1, 0.15) is 12.8 Å². The van der Waals surface area contributed by atoms with Crippen LogP contribution >= 0.6 is 24.0 Å². The normalized spacial score (nSPS) is 17.9. The van der Waals surface area contributed by atoms with Crippen LogP contribution in [0.3, 0.4) is 0 Å². The first-order valence-electron chi connectivity index (χ1n) is 7.05. The van der Waals surface area contributed by atoms with Crippen molar-refractivity contribution < 1.29 is 4.74 Å². The zero-order chi connectivity index (χ0) is 13.8. The van der Waals surface area contributed by atoms with E-state index in [1.165, 1.54) is 6.42 Å². The Morgan fingerprint density at radius 1 is 1.10 bits per heavy atom. The van der Waals surface area contributed by atoms with Crippen molar-refractivity contribution in [3.05, 3.63) is 53.6 Å². The van der Waals surface area contributed by atoms with Crippen molar-refractivity contribution in [1.82, 2.24) is 5.32 Å². The van der Waals surface area contributed by atoms with Crippen LogP contribution < -0.4 is 10.1 Å². The summed E-state index contributed by atoms with van der Waals surface area (Å²) in [5, 5.41) is 4.11. The lowest BCUT2D eigenvalue weighted by atomic mass is 10.0. The Morgan fingerprint density at radius 3 is 2.62 bits per heavy atom. The molecule has 0 aliphatic carbocycles. The molecule has 3 rings (SSSR count). The summed E-state index contributed by atoms with van der Waals surface area (Å²) in [6, 6.07) is 16.1. The molecule has 1 aliphatic heterocycles. The molecular weight excluding hydrogens is 305 g/mol. The topological polar surface area (TPSA) is 21.3 Å². The molecule has 0 saturated carbocycles. The van der Waals surface area contributed by atoms with Crippen molar-refractivity contribution in [3.8, 4) is 16.9 Å². The zero-order valence-electron chi connectivity index (χ0n) is 11.7. The number of benzene rings is 2. The van der Waals surface area contributed by atoms with Crippen LogP contribution in [0.2, 0.25) is 5.02 Å². The number of nitrogens with one attached hydrogen (secondary N) is 1. The van der Waals surface area contributed by atoms with Gasteiger partial charge < -0.3 is 10.1 Å². The molecule has 1 atom stereocenters. The molecule has 2 aromatic rings. The largest absolute Gasteiger partial charge is 0.488 e. The molecule has 0 aromatic heterocycles. The average Bonchev–Trinajstić information content (AvgIpc) is 2.51. The minimum atomic E-state index is 0. The van der Waals surface area contributed by atoms with Crippen LogP contribution in [0, 0.1) is 0 Å². The Hall–Kier alpha value is -1.22. The Bertz CT molecular complexity index is 568. The third-order valence-corrected chi connectivity index (χ3v) is 3.81. The van der Waals surface area contributed by atoms with Gasteiger partial charge in [0.25, 0.3) is 0 Å². The first-order chi connectivity index (χ1) is 9.83. The standard InChI is InChI=1S/C17H18ClNO.ClH/c18-14-8-9-17(20-15-7-4-10-19-12-15)16(11-14)13-5-2-1-3-6-13;/h1-3,5-6,8-9,11,15,19H,4,7,10,12H2;1H. The Balaban J connectivity index is 0.00000161. The van der Waals surface area contributed by atoms with Gasteiger partial charge in [-0.2, -0.15) is 0 Å². The molecule has 0 bridgehead atoms. The molecule has 4 heteroatoms. The van der Waals surface area contributed by atoms with Crippen LogP contribution in [0.5, 0.6) is 5.75 Å². The van der Waals surface area contributed by atoms with E-state index in [4.69, 9.17) is 16.3 Å². The van der Waals surface area contributed by atoms with Gasteiger partial charge in [0.1, 0.15) is 11.9 Å². The van der Waals surface area contributed by atoms with E-state index in [1.54, 1.807) is 0 Å². The summed E-state index contributed by atoms with van der Waals surface area (Å²) in [5.74, 6) is 0.911. The quantitative estimate of drug-likeness (QED) is 0.894. The summed E-state index contributed by atoms with van der Waals surface area (Å²) >= 11 is 6.14. The molecule has 21 heavy (non-hydrogen) atoms.